The van der Waals surface area contributed by atoms with Crippen molar-refractivity contribution in [1.82, 2.24) is 4.90 Å². The van der Waals surface area contributed by atoms with E-state index in [9.17, 15) is 9.90 Å². The molecule has 1 fully saturated rings. The Morgan fingerprint density at radius 3 is 2.42 bits per heavy atom. The van der Waals surface area contributed by atoms with Crippen LogP contribution in [0.25, 0.3) is 0 Å². The summed E-state index contributed by atoms with van der Waals surface area (Å²) in [5, 5.41) is 10.1. The van der Waals surface area contributed by atoms with Crippen LogP contribution in [0.5, 0.6) is 0 Å². The monoisotopic (exact) mass is 285 g/mol. The minimum absolute atomic E-state index is 0. The number of halogens is 1. The maximum Gasteiger partial charge on any atom is 0.337 e. The van der Waals surface area contributed by atoms with Crippen molar-refractivity contribution in [1.29, 1.82) is 0 Å². The number of rotatable bonds is 3. The summed E-state index contributed by atoms with van der Waals surface area (Å²) in [6.45, 7) is 2.28. The van der Waals surface area contributed by atoms with Crippen molar-refractivity contribution in [3.05, 3.63) is 35.9 Å². The second-order valence-electron chi connectivity index (χ2n) is 4.78. The van der Waals surface area contributed by atoms with E-state index in [0.29, 0.717) is 25.9 Å². The van der Waals surface area contributed by atoms with E-state index < -0.39 is 11.6 Å². The third-order valence-electron chi connectivity index (χ3n) is 3.50. The first-order chi connectivity index (χ1) is 8.64. The molecule has 0 radical (unpaired) electrons. The maximum atomic E-state index is 11.5. The molecule has 19 heavy (non-hydrogen) atoms. The Balaban J connectivity index is 0.00000180. The zero-order valence-corrected chi connectivity index (χ0v) is 11.9. The van der Waals surface area contributed by atoms with Crippen molar-refractivity contribution in [2.45, 2.75) is 25.0 Å². The number of hydrogen-bond acceptors (Lipinski definition) is 4. The number of methoxy groups -OCH3 is 1. The van der Waals surface area contributed by atoms with E-state index in [0.717, 1.165) is 6.54 Å². The van der Waals surface area contributed by atoms with E-state index in [-0.39, 0.29) is 12.4 Å². The third-order valence-corrected chi connectivity index (χ3v) is 3.50. The fourth-order valence-corrected chi connectivity index (χ4v) is 2.32. The Morgan fingerprint density at radius 1 is 1.32 bits per heavy atom. The molecule has 0 atom stereocenters. The molecule has 1 aliphatic rings. The summed E-state index contributed by atoms with van der Waals surface area (Å²) >= 11 is 0. The molecule has 0 unspecified atom stereocenters. The maximum absolute atomic E-state index is 11.5. The summed E-state index contributed by atoms with van der Waals surface area (Å²) in [5.74, 6) is -0.512. The average molecular weight is 286 g/mol. The topological polar surface area (TPSA) is 49.8 Å². The van der Waals surface area contributed by atoms with Gasteiger partial charge in [-0.25, -0.2) is 4.79 Å². The second kappa shape index (κ2) is 6.89. The molecule has 0 saturated carbocycles. The summed E-state index contributed by atoms with van der Waals surface area (Å²) in [4.78, 5) is 13.7. The van der Waals surface area contributed by atoms with Gasteiger partial charge in [-0.05, 0) is 18.4 Å². The van der Waals surface area contributed by atoms with Crippen LogP contribution in [0.3, 0.4) is 0 Å². The van der Waals surface area contributed by atoms with Gasteiger partial charge in [0.25, 0.3) is 0 Å². The molecule has 1 aromatic carbocycles. The molecule has 2 rings (SSSR count). The van der Waals surface area contributed by atoms with Gasteiger partial charge < -0.3 is 9.84 Å². The predicted octanol–water partition coefficient (Wildman–Crippen LogP) is 1.61. The van der Waals surface area contributed by atoms with Gasteiger partial charge in [-0.2, -0.15) is 0 Å². The molecule has 0 spiro atoms. The zero-order chi connectivity index (χ0) is 13.0. The van der Waals surface area contributed by atoms with E-state index in [4.69, 9.17) is 0 Å². The average Bonchev–Trinajstić information content (AvgIpc) is 2.42. The number of carbonyl (C=O) groups excluding carboxylic acids is 1. The van der Waals surface area contributed by atoms with Crippen molar-refractivity contribution in [3.63, 3.8) is 0 Å². The fourth-order valence-electron chi connectivity index (χ4n) is 2.32. The number of likely N-dealkylation sites (tertiary alicyclic amines) is 1. The molecule has 1 heterocycles. The highest BCUT2D eigenvalue weighted by Crippen LogP contribution is 2.24. The third kappa shape index (κ3) is 3.93. The smallest absolute Gasteiger partial charge is 0.337 e. The van der Waals surface area contributed by atoms with Gasteiger partial charge in [0.15, 0.2) is 5.60 Å². The van der Waals surface area contributed by atoms with Crippen LogP contribution >= 0.6 is 12.4 Å². The van der Waals surface area contributed by atoms with E-state index in [1.807, 2.05) is 18.2 Å². The summed E-state index contributed by atoms with van der Waals surface area (Å²) in [5.41, 5.74) is -0.0388. The largest absolute Gasteiger partial charge is 0.467 e. The Labute approximate surface area is 119 Å². The first-order valence-electron chi connectivity index (χ1n) is 6.21. The lowest BCUT2D eigenvalue weighted by atomic mass is 9.91. The number of aliphatic hydroxyl groups is 1. The van der Waals surface area contributed by atoms with Crippen molar-refractivity contribution in [3.8, 4) is 0 Å². The Kier molecular flexibility index (Phi) is 5.79. The van der Waals surface area contributed by atoms with Crippen LogP contribution in [0.2, 0.25) is 0 Å². The molecule has 0 aliphatic carbocycles. The van der Waals surface area contributed by atoms with Gasteiger partial charge >= 0.3 is 5.97 Å². The lowest BCUT2D eigenvalue weighted by Crippen LogP contribution is -2.49. The van der Waals surface area contributed by atoms with Crippen LogP contribution in [0.4, 0.5) is 0 Å². The SMILES string of the molecule is COC(=O)C1(O)CCN(Cc2ccccc2)CC1.Cl. The quantitative estimate of drug-likeness (QED) is 0.857. The summed E-state index contributed by atoms with van der Waals surface area (Å²) in [7, 11) is 1.32. The molecule has 1 saturated heterocycles. The minimum atomic E-state index is -1.29. The van der Waals surface area contributed by atoms with E-state index in [1.165, 1.54) is 12.7 Å². The zero-order valence-electron chi connectivity index (χ0n) is 11.0. The van der Waals surface area contributed by atoms with Crippen LogP contribution in [0.1, 0.15) is 18.4 Å². The fraction of sp³-hybridized carbons (Fsp3) is 0.500. The van der Waals surface area contributed by atoms with E-state index in [1.54, 1.807) is 0 Å². The van der Waals surface area contributed by atoms with Crippen LogP contribution in [-0.4, -0.2) is 41.8 Å². The number of benzene rings is 1. The standard InChI is InChI=1S/C14H19NO3.ClH/c1-18-13(16)14(17)7-9-15(10-8-14)11-12-5-3-2-4-6-12;/h2-6,17H,7-11H2,1H3;1H. The minimum Gasteiger partial charge on any atom is -0.467 e. The Morgan fingerprint density at radius 2 is 1.89 bits per heavy atom. The summed E-state index contributed by atoms with van der Waals surface area (Å²) < 4.78 is 4.64. The lowest BCUT2D eigenvalue weighted by Gasteiger charge is -2.36. The van der Waals surface area contributed by atoms with Gasteiger partial charge in [-0.1, -0.05) is 30.3 Å². The molecular weight excluding hydrogens is 266 g/mol. The highest BCUT2D eigenvalue weighted by Gasteiger charge is 2.40. The lowest BCUT2D eigenvalue weighted by molar-refractivity contribution is -0.167. The van der Waals surface area contributed by atoms with Crippen LogP contribution in [0, 0.1) is 0 Å². The molecule has 1 N–H and O–H groups in total. The number of hydrogen-bond donors (Lipinski definition) is 1. The molecule has 1 aliphatic heterocycles. The highest BCUT2D eigenvalue weighted by atomic mass is 35.5. The second-order valence-corrected chi connectivity index (χ2v) is 4.78. The Bertz CT molecular complexity index is 402. The van der Waals surface area contributed by atoms with Gasteiger partial charge in [0.2, 0.25) is 0 Å². The first-order valence-corrected chi connectivity index (χ1v) is 6.21. The number of carbonyl (C=O) groups is 1. The van der Waals surface area contributed by atoms with Crippen molar-refractivity contribution in [2.75, 3.05) is 20.2 Å². The van der Waals surface area contributed by atoms with Crippen molar-refractivity contribution < 1.29 is 14.6 Å². The summed E-state index contributed by atoms with van der Waals surface area (Å²) in [6.07, 6.45) is 0.874. The molecule has 4 nitrogen and oxygen atoms in total. The first kappa shape index (κ1) is 16.0. The van der Waals surface area contributed by atoms with Gasteiger partial charge in [-0.15, -0.1) is 12.4 Å². The number of ether oxygens (including phenoxy) is 1. The van der Waals surface area contributed by atoms with Gasteiger partial charge in [0.05, 0.1) is 7.11 Å². The van der Waals surface area contributed by atoms with Crippen LogP contribution in [-0.2, 0) is 16.1 Å². The van der Waals surface area contributed by atoms with Crippen molar-refractivity contribution >= 4 is 18.4 Å². The van der Waals surface area contributed by atoms with Gasteiger partial charge in [-0.3, -0.25) is 4.90 Å². The molecular formula is C14H20ClNO3. The molecule has 0 aromatic heterocycles. The van der Waals surface area contributed by atoms with E-state index in [2.05, 4.69) is 21.8 Å². The van der Waals surface area contributed by atoms with Gasteiger partial charge in [0, 0.05) is 19.6 Å². The van der Waals surface area contributed by atoms with E-state index >= 15 is 0 Å². The molecule has 5 heteroatoms. The van der Waals surface area contributed by atoms with Crippen LogP contribution < -0.4 is 0 Å². The number of piperidine rings is 1. The molecule has 0 amide bonds. The Hall–Kier alpha value is -1.10. The molecule has 0 bridgehead atoms. The number of esters is 1. The highest BCUT2D eigenvalue weighted by molar-refractivity contribution is 5.85. The normalized spacial score (nSPS) is 18.4. The summed E-state index contributed by atoms with van der Waals surface area (Å²) in [6, 6.07) is 10.2. The molecule has 1 aromatic rings. The van der Waals surface area contributed by atoms with Crippen LogP contribution in [0.15, 0.2) is 30.3 Å². The van der Waals surface area contributed by atoms with Gasteiger partial charge in [0.1, 0.15) is 0 Å². The molecule has 106 valence electrons. The number of nitrogens with zero attached hydrogens (tertiary/aromatic N) is 1. The predicted molar refractivity (Wildman–Crippen MR) is 75.2 cm³/mol. The van der Waals surface area contributed by atoms with Crippen molar-refractivity contribution in [2.24, 2.45) is 0 Å².